The normalized spacial score (nSPS) is 12.2. The second-order valence-electron chi connectivity index (χ2n) is 5.85. The van der Waals surface area contributed by atoms with Gasteiger partial charge in [0.15, 0.2) is 0 Å². The highest BCUT2D eigenvalue weighted by atomic mass is 19.1. The third-order valence-electron chi connectivity index (χ3n) is 3.73. The van der Waals surface area contributed by atoms with Crippen LogP contribution >= 0.6 is 0 Å². The average Bonchev–Trinajstić information content (AvgIpc) is 3.00. The number of carbonyl (C=O) groups excluding carboxylic acids is 1. The highest BCUT2D eigenvalue weighted by Gasteiger charge is 2.16. The minimum Gasteiger partial charge on any atom is -0.383 e. The van der Waals surface area contributed by atoms with Gasteiger partial charge in [0.05, 0.1) is 31.1 Å². The van der Waals surface area contributed by atoms with Crippen molar-refractivity contribution >= 4 is 11.7 Å². The van der Waals surface area contributed by atoms with E-state index in [1.165, 1.54) is 12.1 Å². The van der Waals surface area contributed by atoms with Gasteiger partial charge in [0, 0.05) is 19.9 Å². The van der Waals surface area contributed by atoms with E-state index >= 15 is 0 Å². The Morgan fingerprint density at radius 2 is 2.24 bits per heavy atom. The fourth-order valence-corrected chi connectivity index (χ4v) is 2.41. The van der Waals surface area contributed by atoms with Crippen LogP contribution < -0.4 is 10.6 Å². The summed E-state index contributed by atoms with van der Waals surface area (Å²) in [7, 11) is 5.39. The molecule has 0 aliphatic rings. The van der Waals surface area contributed by atoms with Crippen molar-refractivity contribution in [3.05, 3.63) is 48.0 Å². The lowest BCUT2D eigenvalue weighted by Gasteiger charge is -2.25. The first-order chi connectivity index (χ1) is 12.0. The van der Waals surface area contributed by atoms with Crippen molar-refractivity contribution in [2.75, 3.05) is 39.7 Å². The quantitative estimate of drug-likeness (QED) is 0.766. The number of ether oxygens (including phenoxy) is 1. The molecule has 0 aliphatic heterocycles. The molecule has 0 aliphatic carbocycles. The van der Waals surface area contributed by atoms with Gasteiger partial charge in [-0.3, -0.25) is 4.68 Å². The number of hydrogen-bond acceptors (Lipinski definition) is 4. The Balaban J connectivity index is 1.89. The van der Waals surface area contributed by atoms with E-state index in [4.69, 9.17) is 4.74 Å². The summed E-state index contributed by atoms with van der Waals surface area (Å²) in [6.45, 7) is 1.51. The average molecular weight is 349 g/mol. The molecule has 2 aromatic rings. The summed E-state index contributed by atoms with van der Waals surface area (Å²) in [6, 6.07) is 5.91. The Morgan fingerprint density at radius 3 is 2.92 bits per heavy atom. The number of rotatable bonds is 8. The first-order valence-corrected chi connectivity index (χ1v) is 7.97. The zero-order valence-corrected chi connectivity index (χ0v) is 14.7. The predicted octanol–water partition coefficient (Wildman–Crippen LogP) is 2.09. The maximum absolute atomic E-state index is 13.4. The first kappa shape index (κ1) is 18.9. The molecule has 2 N–H and O–H groups in total. The molecule has 8 heteroatoms. The van der Waals surface area contributed by atoms with E-state index in [1.807, 2.05) is 25.1 Å². The van der Waals surface area contributed by atoms with Gasteiger partial charge in [-0.15, -0.1) is 0 Å². The summed E-state index contributed by atoms with van der Waals surface area (Å²) >= 11 is 0. The molecule has 0 fully saturated rings. The van der Waals surface area contributed by atoms with E-state index in [-0.39, 0.29) is 17.9 Å². The Kier molecular flexibility index (Phi) is 6.91. The number of nitrogens with zero attached hydrogens (tertiary/aromatic N) is 3. The summed E-state index contributed by atoms with van der Waals surface area (Å²) < 4.78 is 20.1. The molecule has 0 spiro atoms. The van der Waals surface area contributed by atoms with Gasteiger partial charge in [0.2, 0.25) is 0 Å². The van der Waals surface area contributed by atoms with E-state index in [0.29, 0.717) is 25.4 Å². The highest BCUT2D eigenvalue weighted by molar-refractivity contribution is 5.88. The van der Waals surface area contributed by atoms with Gasteiger partial charge < -0.3 is 20.3 Å². The lowest BCUT2D eigenvalue weighted by Crippen LogP contribution is -2.36. The molecule has 25 heavy (non-hydrogen) atoms. The van der Waals surface area contributed by atoms with Gasteiger partial charge in [-0.1, -0.05) is 12.1 Å². The zero-order chi connectivity index (χ0) is 18.2. The molecule has 1 aromatic carbocycles. The fourth-order valence-electron chi connectivity index (χ4n) is 2.41. The molecule has 0 bridgehead atoms. The number of carbonyl (C=O) groups is 1. The zero-order valence-electron chi connectivity index (χ0n) is 14.7. The van der Waals surface area contributed by atoms with E-state index in [1.54, 1.807) is 30.3 Å². The lowest BCUT2D eigenvalue weighted by molar-refractivity contribution is 0.183. The number of amides is 2. The molecule has 7 nitrogen and oxygen atoms in total. The first-order valence-electron chi connectivity index (χ1n) is 7.97. The Morgan fingerprint density at radius 1 is 1.44 bits per heavy atom. The van der Waals surface area contributed by atoms with Crippen LogP contribution in [-0.4, -0.2) is 55.1 Å². The second-order valence-corrected chi connectivity index (χ2v) is 5.85. The maximum Gasteiger partial charge on any atom is 0.319 e. The highest BCUT2D eigenvalue weighted by Crippen LogP contribution is 2.18. The van der Waals surface area contributed by atoms with Gasteiger partial charge in [0.1, 0.15) is 5.82 Å². The van der Waals surface area contributed by atoms with Gasteiger partial charge in [0.25, 0.3) is 0 Å². The van der Waals surface area contributed by atoms with Gasteiger partial charge in [-0.05, 0) is 31.8 Å². The van der Waals surface area contributed by atoms with Crippen LogP contribution in [-0.2, 0) is 11.3 Å². The molecule has 2 amide bonds. The van der Waals surface area contributed by atoms with Gasteiger partial charge in [-0.2, -0.15) is 5.10 Å². The van der Waals surface area contributed by atoms with Crippen LogP contribution in [0.25, 0.3) is 0 Å². The summed E-state index contributed by atoms with van der Waals surface area (Å²) in [6.07, 6.45) is 3.31. The third kappa shape index (κ3) is 5.84. The molecule has 0 saturated carbocycles. The van der Waals surface area contributed by atoms with Crippen molar-refractivity contribution in [1.82, 2.24) is 20.0 Å². The number of hydrogen-bond donors (Lipinski definition) is 2. The van der Waals surface area contributed by atoms with Crippen molar-refractivity contribution < 1.29 is 13.9 Å². The standard InChI is InChI=1S/C17H24FN5O2/c1-22(2)16(13-5-4-6-14(18)9-13)11-19-17(24)21-15-10-20-23(12-15)7-8-25-3/h4-6,9-10,12,16H,7-8,11H2,1-3H3,(H2,19,21,24)/t16-/m1/s1. The summed E-state index contributed by atoms with van der Waals surface area (Å²) in [4.78, 5) is 14.0. The molecule has 1 aromatic heterocycles. The minimum atomic E-state index is -0.338. The number of urea groups is 1. The van der Waals surface area contributed by atoms with Crippen LogP contribution in [0.2, 0.25) is 0 Å². The Labute approximate surface area is 146 Å². The van der Waals surface area contributed by atoms with Crippen LogP contribution in [0.3, 0.4) is 0 Å². The molecule has 1 heterocycles. The van der Waals surface area contributed by atoms with Crippen molar-refractivity contribution in [1.29, 1.82) is 0 Å². The van der Waals surface area contributed by atoms with E-state index in [9.17, 15) is 9.18 Å². The maximum atomic E-state index is 13.4. The van der Waals surface area contributed by atoms with Crippen LogP contribution in [0.4, 0.5) is 14.9 Å². The third-order valence-corrected chi connectivity index (χ3v) is 3.73. The number of anilines is 1. The molecule has 1 atom stereocenters. The number of methoxy groups -OCH3 is 1. The van der Waals surface area contributed by atoms with Gasteiger partial charge in [-0.25, -0.2) is 9.18 Å². The topological polar surface area (TPSA) is 71.4 Å². The number of likely N-dealkylation sites (N-methyl/N-ethyl adjacent to an activating group) is 1. The summed E-state index contributed by atoms with van der Waals surface area (Å²) in [5.41, 5.74) is 1.40. The molecule has 0 unspecified atom stereocenters. The number of halogens is 1. The smallest absolute Gasteiger partial charge is 0.319 e. The molecule has 2 rings (SSSR count). The number of benzene rings is 1. The van der Waals surface area contributed by atoms with Crippen LogP contribution in [0.5, 0.6) is 0 Å². The van der Waals surface area contributed by atoms with E-state index in [0.717, 1.165) is 5.56 Å². The molecule has 136 valence electrons. The fraction of sp³-hybridized carbons (Fsp3) is 0.412. The Hall–Kier alpha value is -2.45. The predicted molar refractivity (Wildman–Crippen MR) is 94.0 cm³/mol. The number of nitrogens with one attached hydrogen (secondary N) is 2. The monoisotopic (exact) mass is 349 g/mol. The number of aromatic nitrogens is 2. The summed E-state index contributed by atoms with van der Waals surface area (Å²) in [5.74, 6) is -0.294. The molecular weight excluding hydrogens is 325 g/mol. The van der Waals surface area contributed by atoms with Crippen molar-refractivity contribution in [2.24, 2.45) is 0 Å². The van der Waals surface area contributed by atoms with Crippen molar-refractivity contribution in [3.8, 4) is 0 Å². The van der Waals surface area contributed by atoms with E-state index < -0.39 is 0 Å². The molecular formula is C17H24FN5O2. The minimum absolute atomic E-state index is 0.133. The second kappa shape index (κ2) is 9.14. The largest absolute Gasteiger partial charge is 0.383 e. The van der Waals surface area contributed by atoms with Crippen LogP contribution in [0, 0.1) is 5.82 Å². The van der Waals surface area contributed by atoms with Crippen molar-refractivity contribution in [2.45, 2.75) is 12.6 Å². The Bertz CT molecular complexity index is 689. The molecule has 0 radical (unpaired) electrons. The van der Waals surface area contributed by atoms with Crippen LogP contribution in [0.1, 0.15) is 11.6 Å². The summed E-state index contributed by atoms with van der Waals surface area (Å²) in [5, 5.41) is 9.67. The van der Waals surface area contributed by atoms with Crippen LogP contribution in [0.15, 0.2) is 36.7 Å². The lowest BCUT2D eigenvalue weighted by atomic mass is 10.1. The SMILES string of the molecule is COCCn1cc(NC(=O)NC[C@H](c2cccc(F)c2)N(C)C)cn1. The molecule has 0 saturated heterocycles. The van der Waals surface area contributed by atoms with Crippen molar-refractivity contribution in [3.63, 3.8) is 0 Å². The van der Waals surface area contributed by atoms with E-state index in [2.05, 4.69) is 15.7 Å². The van der Waals surface area contributed by atoms with Gasteiger partial charge >= 0.3 is 6.03 Å².